The Morgan fingerprint density at radius 3 is 2.56 bits per heavy atom. The van der Waals surface area contributed by atoms with Gasteiger partial charge in [-0.05, 0) is 59.7 Å². The van der Waals surface area contributed by atoms with Crippen LogP contribution in [0.3, 0.4) is 0 Å². The molecule has 0 saturated carbocycles. The second-order valence-corrected chi connectivity index (χ2v) is 7.63. The summed E-state index contributed by atoms with van der Waals surface area (Å²) in [6.45, 7) is 0. The highest BCUT2D eigenvalue weighted by atomic mass is 32.1. The predicted molar refractivity (Wildman–Crippen MR) is 108 cm³/mol. The molecular formula is C22H20N2O2S. The van der Waals surface area contributed by atoms with Crippen molar-refractivity contribution in [3.05, 3.63) is 87.6 Å². The van der Waals surface area contributed by atoms with Gasteiger partial charge in [0.1, 0.15) is 0 Å². The topological polar surface area (TPSA) is 49.4 Å². The van der Waals surface area contributed by atoms with Gasteiger partial charge in [-0.25, -0.2) is 0 Å². The SMILES string of the molecule is CN(C(=O)c1ccc(NC(=O)c2cccs2)cc1)C1CCc2ccccc21. The number of thiophene rings is 1. The van der Waals surface area contributed by atoms with Crippen molar-refractivity contribution in [3.8, 4) is 0 Å². The van der Waals surface area contributed by atoms with Crippen LogP contribution in [0.25, 0.3) is 0 Å². The maximum Gasteiger partial charge on any atom is 0.265 e. The zero-order valence-electron chi connectivity index (χ0n) is 15.0. The van der Waals surface area contributed by atoms with E-state index in [-0.39, 0.29) is 17.9 Å². The van der Waals surface area contributed by atoms with Gasteiger partial charge in [0.2, 0.25) is 0 Å². The number of rotatable bonds is 4. The van der Waals surface area contributed by atoms with Crippen LogP contribution < -0.4 is 5.32 Å². The van der Waals surface area contributed by atoms with E-state index in [0.29, 0.717) is 16.1 Å². The molecule has 0 saturated heterocycles. The van der Waals surface area contributed by atoms with Crippen LogP contribution in [0.1, 0.15) is 43.6 Å². The van der Waals surface area contributed by atoms with Gasteiger partial charge in [0.25, 0.3) is 11.8 Å². The molecule has 0 spiro atoms. The molecule has 0 fully saturated rings. The average molecular weight is 376 g/mol. The van der Waals surface area contributed by atoms with Crippen molar-refractivity contribution in [1.29, 1.82) is 0 Å². The van der Waals surface area contributed by atoms with E-state index in [9.17, 15) is 9.59 Å². The number of anilines is 1. The number of carbonyl (C=O) groups is 2. The lowest BCUT2D eigenvalue weighted by atomic mass is 10.1. The molecule has 5 heteroatoms. The molecule has 1 atom stereocenters. The number of hydrogen-bond donors (Lipinski definition) is 1. The number of aryl methyl sites for hydroxylation is 1. The predicted octanol–water partition coefficient (Wildman–Crippen LogP) is 4.76. The van der Waals surface area contributed by atoms with Gasteiger partial charge < -0.3 is 10.2 Å². The molecule has 136 valence electrons. The lowest BCUT2D eigenvalue weighted by Gasteiger charge is -2.25. The summed E-state index contributed by atoms with van der Waals surface area (Å²) in [5.74, 6) is -0.142. The summed E-state index contributed by atoms with van der Waals surface area (Å²) in [6.07, 6.45) is 1.96. The molecule has 2 amide bonds. The van der Waals surface area contributed by atoms with Crippen LogP contribution in [0, 0.1) is 0 Å². The number of hydrogen-bond acceptors (Lipinski definition) is 3. The van der Waals surface area contributed by atoms with Crippen molar-refractivity contribution in [1.82, 2.24) is 4.90 Å². The highest BCUT2D eigenvalue weighted by Gasteiger charge is 2.28. The second kappa shape index (κ2) is 7.37. The standard InChI is InChI=1S/C22H20N2O2S/c1-24(19-13-10-15-5-2-3-6-18(15)19)22(26)16-8-11-17(12-9-16)23-21(25)20-7-4-14-27-20/h2-9,11-12,14,19H,10,13H2,1H3,(H,23,25). The first-order chi connectivity index (χ1) is 13.1. The van der Waals surface area contributed by atoms with Gasteiger partial charge in [0, 0.05) is 18.3 Å². The van der Waals surface area contributed by atoms with Gasteiger partial charge in [-0.1, -0.05) is 30.3 Å². The van der Waals surface area contributed by atoms with Gasteiger partial charge >= 0.3 is 0 Å². The summed E-state index contributed by atoms with van der Waals surface area (Å²) in [4.78, 5) is 27.5. The quantitative estimate of drug-likeness (QED) is 0.714. The monoisotopic (exact) mass is 376 g/mol. The molecule has 1 aliphatic rings. The lowest BCUT2D eigenvalue weighted by Crippen LogP contribution is -2.30. The van der Waals surface area contributed by atoms with E-state index in [4.69, 9.17) is 0 Å². The number of nitrogens with zero attached hydrogens (tertiary/aromatic N) is 1. The highest BCUT2D eigenvalue weighted by molar-refractivity contribution is 7.12. The van der Waals surface area contributed by atoms with Crippen molar-refractivity contribution >= 4 is 28.8 Å². The van der Waals surface area contributed by atoms with E-state index < -0.39 is 0 Å². The molecule has 4 rings (SSSR count). The van der Waals surface area contributed by atoms with E-state index in [1.165, 1.54) is 22.5 Å². The molecular weight excluding hydrogens is 356 g/mol. The molecule has 1 N–H and O–H groups in total. The fourth-order valence-corrected chi connectivity index (χ4v) is 4.20. The summed E-state index contributed by atoms with van der Waals surface area (Å²) in [6, 6.07) is 19.2. The second-order valence-electron chi connectivity index (χ2n) is 6.68. The Hall–Kier alpha value is -2.92. The lowest BCUT2D eigenvalue weighted by molar-refractivity contribution is 0.0730. The van der Waals surface area contributed by atoms with Gasteiger partial charge in [-0.3, -0.25) is 9.59 Å². The summed E-state index contributed by atoms with van der Waals surface area (Å²) < 4.78 is 0. The van der Waals surface area contributed by atoms with E-state index >= 15 is 0 Å². The Morgan fingerprint density at radius 2 is 1.81 bits per heavy atom. The van der Waals surface area contributed by atoms with Gasteiger partial charge in [-0.2, -0.15) is 0 Å². The number of amides is 2. The van der Waals surface area contributed by atoms with Crippen LogP contribution >= 0.6 is 11.3 Å². The molecule has 1 unspecified atom stereocenters. The third kappa shape index (κ3) is 3.51. The third-order valence-electron chi connectivity index (χ3n) is 5.02. The minimum atomic E-state index is -0.135. The number of benzene rings is 2. The number of carbonyl (C=O) groups excluding carboxylic acids is 2. The van der Waals surface area contributed by atoms with E-state index in [1.807, 2.05) is 35.5 Å². The molecule has 27 heavy (non-hydrogen) atoms. The van der Waals surface area contributed by atoms with Crippen molar-refractivity contribution in [2.75, 3.05) is 12.4 Å². The molecule has 1 aromatic heterocycles. The Bertz CT molecular complexity index is 964. The maximum absolute atomic E-state index is 12.9. The molecule has 0 aliphatic heterocycles. The fourth-order valence-electron chi connectivity index (χ4n) is 3.58. The Balaban J connectivity index is 1.46. The molecule has 3 aromatic rings. The zero-order valence-corrected chi connectivity index (χ0v) is 15.8. The van der Waals surface area contributed by atoms with Crippen LogP contribution in [0.2, 0.25) is 0 Å². The molecule has 0 radical (unpaired) electrons. The average Bonchev–Trinajstić information content (AvgIpc) is 3.37. The van der Waals surface area contributed by atoms with E-state index in [1.54, 1.807) is 30.3 Å². The number of fused-ring (bicyclic) bond motifs is 1. The van der Waals surface area contributed by atoms with Gasteiger partial charge in [0.15, 0.2) is 0 Å². The molecule has 2 aromatic carbocycles. The molecule has 0 bridgehead atoms. The van der Waals surface area contributed by atoms with E-state index in [2.05, 4.69) is 17.4 Å². The third-order valence-corrected chi connectivity index (χ3v) is 5.89. The summed E-state index contributed by atoms with van der Waals surface area (Å²) >= 11 is 1.40. The smallest absolute Gasteiger partial charge is 0.265 e. The van der Waals surface area contributed by atoms with Gasteiger partial charge in [0.05, 0.1) is 10.9 Å². The van der Waals surface area contributed by atoms with Crippen LogP contribution in [-0.4, -0.2) is 23.8 Å². The minimum absolute atomic E-state index is 0.00663. The first kappa shape index (κ1) is 17.5. The van der Waals surface area contributed by atoms with Crippen molar-refractivity contribution in [2.45, 2.75) is 18.9 Å². The summed E-state index contributed by atoms with van der Waals surface area (Å²) in [5, 5.41) is 4.72. The van der Waals surface area contributed by atoms with Crippen molar-refractivity contribution in [3.63, 3.8) is 0 Å². The van der Waals surface area contributed by atoms with Crippen LogP contribution in [-0.2, 0) is 6.42 Å². The largest absolute Gasteiger partial charge is 0.335 e. The van der Waals surface area contributed by atoms with Crippen LogP contribution in [0.4, 0.5) is 5.69 Å². The van der Waals surface area contributed by atoms with Crippen molar-refractivity contribution < 1.29 is 9.59 Å². The Labute approximate surface area is 162 Å². The van der Waals surface area contributed by atoms with E-state index in [0.717, 1.165) is 12.8 Å². The first-order valence-electron chi connectivity index (χ1n) is 8.93. The highest BCUT2D eigenvalue weighted by Crippen LogP contribution is 2.35. The Morgan fingerprint density at radius 1 is 1.04 bits per heavy atom. The first-order valence-corrected chi connectivity index (χ1v) is 9.81. The normalized spacial score (nSPS) is 15.2. The summed E-state index contributed by atoms with van der Waals surface area (Å²) in [5.41, 5.74) is 3.87. The fraction of sp³-hybridized carbons (Fsp3) is 0.182. The minimum Gasteiger partial charge on any atom is -0.335 e. The Kier molecular flexibility index (Phi) is 4.77. The molecule has 4 nitrogen and oxygen atoms in total. The van der Waals surface area contributed by atoms with Crippen molar-refractivity contribution in [2.24, 2.45) is 0 Å². The maximum atomic E-state index is 12.9. The molecule has 1 aliphatic carbocycles. The summed E-state index contributed by atoms with van der Waals surface area (Å²) in [7, 11) is 1.86. The molecule has 1 heterocycles. The van der Waals surface area contributed by atoms with Gasteiger partial charge in [-0.15, -0.1) is 11.3 Å². The van der Waals surface area contributed by atoms with Crippen LogP contribution in [0.15, 0.2) is 66.0 Å². The number of nitrogens with one attached hydrogen (secondary N) is 1. The zero-order chi connectivity index (χ0) is 18.8. The van der Waals surface area contributed by atoms with Crippen LogP contribution in [0.5, 0.6) is 0 Å².